The Balaban J connectivity index is 1.59. The van der Waals surface area contributed by atoms with Crippen molar-refractivity contribution in [1.82, 2.24) is 5.32 Å². The van der Waals surface area contributed by atoms with E-state index in [0.29, 0.717) is 11.6 Å². The molecule has 1 aliphatic heterocycles. The van der Waals surface area contributed by atoms with Crippen molar-refractivity contribution in [2.45, 2.75) is 39.2 Å². The number of amides is 1. The van der Waals surface area contributed by atoms with Crippen LogP contribution >= 0.6 is 11.6 Å². The quantitative estimate of drug-likeness (QED) is 0.908. The van der Waals surface area contributed by atoms with Gasteiger partial charge < -0.3 is 14.6 Å². The van der Waals surface area contributed by atoms with Crippen molar-refractivity contribution in [3.63, 3.8) is 0 Å². The van der Waals surface area contributed by atoms with E-state index in [-0.39, 0.29) is 18.4 Å². The van der Waals surface area contributed by atoms with Crippen LogP contribution in [0, 0.1) is 6.92 Å². The highest BCUT2D eigenvalue weighted by atomic mass is 35.5. The van der Waals surface area contributed by atoms with Crippen molar-refractivity contribution in [3.05, 3.63) is 34.5 Å². The first kappa shape index (κ1) is 15.9. The molecule has 6 heteroatoms. The number of aryl methyl sites for hydroxylation is 1. The summed E-state index contributed by atoms with van der Waals surface area (Å²) in [5.41, 5.74) is 3.57. The Kier molecular flexibility index (Phi) is 4.57. The molecule has 0 saturated carbocycles. The SMILES string of the molecule is CCC1=NO[C@@H](CNC(=O)Cc2coc3cc(C)c(Cl)cc23)C1. The summed E-state index contributed by atoms with van der Waals surface area (Å²) < 4.78 is 5.51. The number of halogens is 1. The van der Waals surface area contributed by atoms with E-state index < -0.39 is 0 Å². The first-order chi connectivity index (χ1) is 11.1. The van der Waals surface area contributed by atoms with Crippen LogP contribution in [-0.2, 0) is 16.1 Å². The predicted octanol–water partition coefficient (Wildman–Crippen LogP) is 3.61. The lowest BCUT2D eigenvalue weighted by molar-refractivity contribution is -0.121. The van der Waals surface area contributed by atoms with Crippen LogP contribution in [0.15, 0.2) is 28.0 Å². The molecular formula is C17H19ClN2O3. The van der Waals surface area contributed by atoms with Gasteiger partial charge in [0, 0.05) is 22.4 Å². The highest BCUT2D eigenvalue weighted by Gasteiger charge is 2.20. The fraction of sp³-hybridized carbons (Fsp3) is 0.412. The average Bonchev–Trinajstić information content (AvgIpc) is 3.14. The summed E-state index contributed by atoms with van der Waals surface area (Å²) in [6.07, 6.45) is 3.46. The summed E-state index contributed by atoms with van der Waals surface area (Å²) in [5.74, 6) is -0.0713. The van der Waals surface area contributed by atoms with E-state index >= 15 is 0 Å². The molecule has 0 aliphatic carbocycles. The molecule has 0 bridgehead atoms. The molecule has 1 atom stereocenters. The second kappa shape index (κ2) is 6.62. The van der Waals surface area contributed by atoms with Crippen molar-refractivity contribution in [2.75, 3.05) is 6.54 Å². The van der Waals surface area contributed by atoms with Crippen molar-refractivity contribution in [2.24, 2.45) is 5.16 Å². The van der Waals surface area contributed by atoms with Gasteiger partial charge in [0.05, 0.1) is 24.9 Å². The molecule has 0 spiro atoms. The van der Waals surface area contributed by atoms with Gasteiger partial charge in [0.1, 0.15) is 11.7 Å². The molecule has 2 aromatic rings. The Labute approximate surface area is 139 Å². The summed E-state index contributed by atoms with van der Waals surface area (Å²) in [6, 6.07) is 3.73. The molecule has 1 N–H and O–H groups in total. The van der Waals surface area contributed by atoms with Crippen LogP contribution in [0.5, 0.6) is 0 Å². The third kappa shape index (κ3) is 3.50. The number of furan rings is 1. The van der Waals surface area contributed by atoms with Gasteiger partial charge in [-0.05, 0) is 31.0 Å². The summed E-state index contributed by atoms with van der Waals surface area (Å²) in [4.78, 5) is 17.4. The lowest BCUT2D eigenvalue weighted by Gasteiger charge is -2.09. The van der Waals surface area contributed by atoms with Gasteiger partial charge in [0.2, 0.25) is 5.91 Å². The highest BCUT2D eigenvalue weighted by molar-refractivity contribution is 6.32. The second-order valence-electron chi connectivity index (χ2n) is 5.78. The van der Waals surface area contributed by atoms with Crippen LogP contribution in [0.4, 0.5) is 0 Å². The number of carbonyl (C=O) groups is 1. The lowest BCUT2D eigenvalue weighted by Crippen LogP contribution is -2.33. The summed E-state index contributed by atoms with van der Waals surface area (Å²) in [6.45, 7) is 4.42. The van der Waals surface area contributed by atoms with Crippen LogP contribution in [0.3, 0.4) is 0 Å². The predicted molar refractivity (Wildman–Crippen MR) is 89.9 cm³/mol. The molecule has 1 aliphatic rings. The zero-order chi connectivity index (χ0) is 16.4. The van der Waals surface area contributed by atoms with E-state index in [1.165, 1.54) is 0 Å². The summed E-state index contributed by atoms with van der Waals surface area (Å²) in [5, 5.41) is 8.42. The topological polar surface area (TPSA) is 63.8 Å². The molecule has 3 rings (SSSR count). The van der Waals surface area contributed by atoms with Crippen LogP contribution in [0.25, 0.3) is 11.0 Å². The van der Waals surface area contributed by atoms with E-state index in [1.54, 1.807) is 6.26 Å². The van der Waals surface area contributed by atoms with Crippen LogP contribution in [0.1, 0.15) is 30.9 Å². The van der Waals surface area contributed by atoms with E-state index in [9.17, 15) is 4.79 Å². The molecule has 23 heavy (non-hydrogen) atoms. The maximum Gasteiger partial charge on any atom is 0.224 e. The number of oxime groups is 1. The van der Waals surface area contributed by atoms with Crippen molar-refractivity contribution in [3.8, 4) is 0 Å². The number of rotatable bonds is 5. The number of hydrogen-bond acceptors (Lipinski definition) is 4. The van der Waals surface area contributed by atoms with Crippen LogP contribution in [0.2, 0.25) is 5.02 Å². The third-order valence-corrected chi connectivity index (χ3v) is 4.42. The van der Waals surface area contributed by atoms with Gasteiger partial charge in [-0.15, -0.1) is 0 Å². The molecule has 1 aromatic carbocycles. The standard InChI is InChI=1S/C17H19ClN2O3/c1-3-12-6-13(23-20-12)8-19-17(21)5-11-9-22-16-4-10(2)15(18)7-14(11)16/h4,7,9,13H,3,5-6,8H2,1-2H3,(H,19,21)/t13-/m1/s1. The van der Waals surface area contributed by atoms with Gasteiger partial charge in [-0.2, -0.15) is 0 Å². The minimum absolute atomic E-state index is 0.0629. The number of nitrogens with one attached hydrogen (secondary N) is 1. The molecule has 5 nitrogen and oxygen atoms in total. The molecule has 0 fully saturated rings. The zero-order valence-electron chi connectivity index (χ0n) is 13.2. The lowest BCUT2D eigenvalue weighted by atomic mass is 10.1. The Bertz CT molecular complexity index is 767. The Hall–Kier alpha value is -2.01. The molecule has 1 aromatic heterocycles. The van der Waals surface area contributed by atoms with Crippen LogP contribution < -0.4 is 5.32 Å². The first-order valence-electron chi connectivity index (χ1n) is 7.71. The fourth-order valence-corrected chi connectivity index (χ4v) is 2.77. The van der Waals surface area contributed by atoms with Crippen molar-refractivity contribution < 1.29 is 14.0 Å². The molecule has 1 amide bonds. The Morgan fingerprint density at radius 3 is 3.04 bits per heavy atom. The van der Waals surface area contributed by atoms with Crippen molar-refractivity contribution >= 4 is 34.2 Å². The smallest absolute Gasteiger partial charge is 0.224 e. The van der Waals surface area contributed by atoms with Gasteiger partial charge in [0.15, 0.2) is 0 Å². The fourth-order valence-electron chi connectivity index (χ4n) is 2.61. The largest absolute Gasteiger partial charge is 0.464 e. The van der Waals surface area contributed by atoms with Gasteiger partial charge in [-0.1, -0.05) is 23.7 Å². The number of hydrogen-bond donors (Lipinski definition) is 1. The number of benzene rings is 1. The van der Waals surface area contributed by atoms with Gasteiger partial charge in [0.25, 0.3) is 0 Å². The van der Waals surface area contributed by atoms with E-state index in [1.807, 2.05) is 26.0 Å². The maximum absolute atomic E-state index is 12.1. The van der Waals surface area contributed by atoms with Gasteiger partial charge in [-0.3, -0.25) is 4.79 Å². The van der Waals surface area contributed by atoms with Gasteiger partial charge in [-0.25, -0.2) is 0 Å². The molecule has 2 heterocycles. The third-order valence-electron chi connectivity index (χ3n) is 4.02. The van der Waals surface area contributed by atoms with E-state index in [0.717, 1.165) is 40.6 Å². The van der Waals surface area contributed by atoms with E-state index in [4.69, 9.17) is 20.9 Å². The molecular weight excluding hydrogens is 316 g/mol. The van der Waals surface area contributed by atoms with Gasteiger partial charge >= 0.3 is 0 Å². The zero-order valence-corrected chi connectivity index (χ0v) is 13.9. The number of nitrogens with zero attached hydrogens (tertiary/aromatic N) is 1. The first-order valence-corrected chi connectivity index (χ1v) is 8.09. The summed E-state index contributed by atoms with van der Waals surface area (Å²) in [7, 11) is 0. The molecule has 0 unspecified atom stereocenters. The monoisotopic (exact) mass is 334 g/mol. The second-order valence-corrected chi connectivity index (χ2v) is 6.19. The highest BCUT2D eigenvalue weighted by Crippen LogP contribution is 2.27. The van der Waals surface area contributed by atoms with Crippen molar-refractivity contribution in [1.29, 1.82) is 0 Å². The molecule has 0 saturated heterocycles. The molecule has 0 radical (unpaired) electrons. The number of carbonyl (C=O) groups excluding carboxylic acids is 1. The Morgan fingerprint density at radius 1 is 1.48 bits per heavy atom. The Morgan fingerprint density at radius 2 is 2.30 bits per heavy atom. The normalized spacial score (nSPS) is 17.2. The van der Waals surface area contributed by atoms with Crippen LogP contribution in [-0.4, -0.2) is 24.3 Å². The summed E-state index contributed by atoms with van der Waals surface area (Å²) >= 11 is 6.16. The minimum Gasteiger partial charge on any atom is -0.464 e. The van der Waals surface area contributed by atoms with E-state index in [2.05, 4.69) is 10.5 Å². The number of fused-ring (bicyclic) bond motifs is 1. The average molecular weight is 335 g/mol. The maximum atomic E-state index is 12.1. The molecule has 122 valence electrons. The minimum atomic E-state index is -0.0713.